The van der Waals surface area contributed by atoms with Crippen LogP contribution in [0, 0.1) is 6.92 Å². The molecule has 4 nitrogen and oxygen atoms in total. The number of aryl methyl sites for hydroxylation is 1. The first-order chi connectivity index (χ1) is 6.77. The van der Waals surface area contributed by atoms with Gasteiger partial charge in [0, 0.05) is 19.2 Å². The average molecular weight is 199 g/mol. The van der Waals surface area contributed by atoms with Crippen molar-refractivity contribution in [2.75, 3.05) is 20.3 Å². The molecule has 0 aliphatic carbocycles. The Morgan fingerprint density at radius 3 is 2.79 bits per heavy atom. The summed E-state index contributed by atoms with van der Waals surface area (Å²) in [5.41, 5.74) is 6.56. The first-order valence-electron chi connectivity index (χ1n) is 4.63. The first kappa shape index (κ1) is 11.2. The molecule has 0 radical (unpaired) electrons. The third kappa shape index (κ3) is 3.14. The maximum atomic E-state index is 5.52. The lowest BCUT2D eigenvalue weighted by atomic mass is 10.2. The van der Waals surface area contributed by atoms with Crippen LogP contribution in [0.3, 0.4) is 0 Å². The lowest BCUT2D eigenvalue weighted by Gasteiger charge is -1.99. The van der Waals surface area contributed by atoms with E-state index in [9.17, 15) is 0 Å². The van der Waals surface area contributed by atoms with Crippen LogP contribution in [-0.4, -0.2) is 20.3 Å². The third-order valence-corrected chi connectivity index (χ3v) is 1.97. The molecule has 0 bridgehead atoms. The van der Waals surface area contributed by atoms with Crippen LogP contribution >= 0.6 is 0 Å². The van der Waals surface area contributed by atoms with Gasteiger partial charge in [0.15, 0.2) is 0 Å². The van der Waals surface area contributed by atoms with Crippen LogP contribution in [0.1, 0.15) is 17.1 Å². The molecule has 0 aliphatic heterocycles. The van der Waals surface area contributed by atoms with Crippen LogP contribution < -0.4 is 5.73 Å². The molecule has 0 spiro atoms. The molecule has 0 saturated heterocycles. The summed E-state index contributed by atoms with van der Waals surface area (Å²) in [6.45, 7) is 4.07. The highest BCUT2D eigenvalue weighted by atomic mass is 16.5. The minimum absolute atomic E-state index is 0.476. The van der Waals surface area contributed by atoms with Gasteiger partial charge >= 0.3 is 0 Å². The molecule has 2 N–H and O–H groups in total. The Morgan fingerprint density at radius 1 is 1.43 bits per heavy atom. The Labute approximate surface area is 84.0 Å². The molecule has 4 heteroatoms. The van der Waals surface area contributed by atoms with Crippen molar-refractivity contribution in [3.05, 3.63) is 23.2 Å². The molecule has 0 amide bonds. The van der Waals surface area contributed by atoms with Crippen LogP contribution in [-0.2, 0) is 22.6 Å². The fourth-order valence-corrected chi connectivity index (χ4v) is 1.18. The monoisotopic (exact) mass is 199 g/mol. The molecular weight excluding hydrogens is 182 g/mol. The highest BCUT2D eigenvalue weighted by Crippen LogP contribution is 2.14. The standard InChI is InChI=1S/C10H17NO3/c1-8-9(6-11)5-10(14-8)7-13-4-3-12-2/h5H,3-4,6-7,11H2,1-2H3. The van der Waals surface area contributed by atoms with E-state index in [-0.39, 0.29) is 0 Å². The van der Waals surface area contributed by atoms with E-state index in [0.29, 0.717) is 26.4 Å². The van der Waals surface area contributed by atoms with Gasteiger partial charge in [-0.1, -0.05) is 0 Å². The molecule has 1 aromatic heterocycles. The Morgan fingerprint density at radius 2 is 2.21 bits per heavy atom. The van der Waals surface area contributed by atoms with E-state index in [4.69, 9.17) is 19.6 Å². The normalized spacial score (nSPS) is 10.8. The summed E-state index contributed by atoms with van der Waals surface area (Å²) in [4.78, 5) is 0. The number of rotatable bonds is 6. The Balaban J connectivity index is 2.35. The summed E-state index contributed by atoms with van der Waals surface area (Å²) in [5.74, 6) is 1.69. The summed E-state index contributed by atoms with van der Waals surface area (Å²) in [6.07, 6.45) is 0. The Kier molecular flexibility index (Phi) is 4.65. The van der Waals surface area contributed by atoms with E-state index >= 15 is 0 Å². The zero-order valence-electron chi connectivity index (χ0n) is 8.71. The largest absolute Gasteiger partial charge is 0.464 e. The number of methoxy groups -OCH3 is 1. The van der Waals surface area contributed by atoms with Crippen LogP contribution in [0.25, 0.3) is 0 Å². The molecule has 0 atom stereocenters. The van der Waals surface area contributed by atoms with Gasteiger partial charge in [0.1, 0.15) is 18.1 Å². The molecular formula is C10H17NO3. The lowest BCUT2D eigenvalue weighted by molar-refractivity contribution is 0.0535. The van der Waals surface area contributed by atoms with Crippen molar-refractivity contribution in [2.45, 2.75) is 20.1 Å². The minimum atomic E-state index is 0.476. The van der Waals surface area contributed by atoms with Gasteiger partial charge in [-0.15, -0.1) is 0 Å². The fraction of sp³-hybridized carbons (Fsp3) is 0.600. The van der Waals surface area contributed by atoms with E-state index in [1.807, 2.05) is 13.0 Å². The minimum Gasteiger partial charge on any atom is -0.464 e. The van der Waals surface area contributed by atoms with Crippen LogP contribution in [0.2, 0.25) is 0 Å². The van der Waals surface area contributed by atoms with E-state index < -0.39 is 0 Å². The third-order valence-electron chi connectivity index (χ3n) is 1.97. The maximum absolute atomic E-state index is 5.52. The number of hydrogen-bond acceptors (Lipinski definition) is 4. The van der Waals surface area contributed by atoms with Gasteiger partial charge in [-0.3, -0.25) is 0 Å². The predicted octanol–water partition coefficient (Wildman–Crippen LogP) is 1.21. The molecule has 0 aliphatic rings. The average Bonchev–Trinajstić information content (AvgIpc) is 2.54. The number of ether oxygens (including phenoxy) is 2. The number of nitrogens with two attached hydrogens (primary N) is 1. The molecule has 1 rings (SSSR count). The van der Waals surface area contributed by atoms with Crippen molar-refractivity contribution >= 4 is 0 Å². The molecule has 0 aromatic carbocycles. The highest BCUT2D eigenvalue weighted by Gasteiger charge is 2.05. The second-order valence-corrected chi connectivity index (χ2v) is 3.04. The van der Waals surface area contributed by atoms with Crippen molar-refractivity contribution in [3.8, 4) is 0 Å². The van der Waals surface area contributed by atoms with E-state index in [1.165, 1.54) is 0 Å². The lowest BCUT2D eigenvalue weighted by Crippen LogP contribution is -2.01. The summed E-state index contributed by atoms with van der Waals surface area (Å²) in [7, 11) is 1.65. The molecule has 0 unspecified atom stereocenters. The summed E-state index contributed by atoms with van der Waals surface area (Å²) >= 11 is 0. The van der Waals surface area contributed by atoms with Gasteiger partial charge in [-0.2, -0.15) is 0 Å². The van der Waals surface area contributed by atoms with Gasteiger partial charge in [0.05, 0.1) is 13.2 Å². The number of hydrogen-bond donors (Lipinski definition) is 1. The fourth-order valence-electron chi connectivity index (χ4n) is 1.18. The van der Waals surface area contributed by atoms with Crippen LogP contribution in [0.5, 0.6) is 0 Å². The van der Waals surface area contributed by atoms with Crippen molar-refractivity contribution in [2.24, 2.45) is 5.73 Å². The first-order valence-corrected chi connectivity index (χ1v) is 4.63. The molecule has 80 valence electrons. The van der Waals surface area contributed by atoms with Crippen molar-refractivity contribution in [1.82, 2.24) is 0 Å². The van der Waals surface area contributed by atoms with Gasteiger partial charge < -0.3 is 19.6 Å². The Bertz CT molecular complexity index is 270. The maximum Gasteiger partial charge on any atom is 0.130 e. The van der Waals surface area contributed by atoms with Crippen molar-refractivity contribution in [1.29, 1.82) is 0 Å². The quantitative estimate of drug-likeness (QED) is 0.700. The van der Waals surface area contributed by atoms with Gasteiger partial charge in [-0.25, -0.2) is 0 Å². The van der Waals surface area contributed by atoms with Crippen LogP contribution in [0.4, 0.5) is 0 Å². The zero-order valence-corrected chi connectivity index (χ0v) is 8.71. The predicted molar refractivity (Wildman–Crippen MR) is 52.9 cm³/mol. The molecule has 14 heavy (non-hydrogen) atoms. The second-order valence-electron chi connectivity index (χ2n) is 3.04. The SMILES string of the molecule is COCCOCc1cc(CN)c(C)o1. The Hall–Kier alpha value is -0.840. The number of furan rings is 1. The smallest absolute Gasteiger partial charge is 0.130 e. The van der Waals surface area contributed by atoms with Gasteiger partial charge in [0.2, 0.25) is 0 Å². The summed E-state index contributed by atoms with van der Waals surface area (Å²) < 4.78 is 15.6. The molecule has 1 aromatic rings. The second kappa shape index (κ2) is 5.80. The van der Waals surface area contributed by atoms with Crippen LogP contribution in [0.15, 0.2) is 10.5 Å². The summed E-state index contributed by atoms with van der Waals surface area (Å²) in [6, 6.07) is 1.93. The van der Waals surface area contributed by atoms with E-state index in [2.05, 4.69) is 0 Å². The molecule has 0 saturated carbocycles. The van der Waals surface area contributed by atoms with E-state index in [1.54, 1.807) is 7.11 Å². The molecule has 0 fully saturated rings. The van der Waals surface area contributed by atoms with E-state index in [0.717, 1.165) is 17.1 Å². The van der Waals surface area contributed by atoms with Crippen molar-refractivity contribution in [3.63, 3.8) is 0 Å². The topological polar surface area (TPSA) is 57.6 Å². The summed E-state index contributed by atoms with van der Waals surface area (Å²) in [5, 5.41) is 0. The zero-order chi connectivity index (χ0) is 10.4. The molecule has 1 heterocycles. The highest BCUT2D eigenvalue weighted by molar-refractivity contribution is 5.19. The van der Waals surface area contributed by atoms with Gasteiger partial charge in [-0.05, 0) is 13.0 Å². The van der Waals surface area contributed by atoms with Crippen molar-refractivity contribution < 1.29 is 13.9 Å². The van der Waals surface area contributed by atoms with Gasteiger partial charge in [0.25, 0.3) is 0 Å².